The molecule has 0 saturated carbocycles. The number of carbonyl (C=O) groups excluding carboxylic acids is 1. The summed E-state index contributed by atoms with van der Waals surface area (Å²) >= 11 is 5.19. The van der Waals surface area contributed by atoms with Crippen LogP contribution < -0.4 is 20.1 Å². The standard InChI is InChI=1S/C18H22F2N2O4S/c1-5-24-13-8-11(6-7-12(13)26-17(19)20)15-14(16(23)25-9(2)3)10(4)21-18(27)22-15/h6-9,15,17H,5H2,1-4H3,(H2,21,22,27)/t15-/m1/s1. The molecule has 2 N–H and O–H groups in total. The molecule has 148 valence electrons. The smallest absolute Gasteiger partial charge is 0.387 e. The van der Waals surface area contributed by atoms with E-state index in [1.165, 1.54) is 6.07 Å². The molecule has 0 bridgehead atoms. The molecule has 1 aromatic rings. The van der Waals surface area contributed by atoms with Crippen molar-refractivity contribution in [1.82, 2.24) is 10.6 Å². The van der Waals surface area contributed by atoms with Crippen LogP contribution in [0.2, 0.25) is 0 Å². The summed E-state index contributed by atoms with van der Waals surface area (Å²) in [6.45, 7) is 4.24. The van der Waals surface area contributed by atoms with Crippen LogP contribution in [0.1, 0.15) is 39.3 Å². The Bertz CT molecular complexity index is 753. The molecule has 0 spiro atoms. The van der Waals surface area contributed by atoms with Crippen LogP contribution in [-0.4, -0.2) is 30.4 Å². The van der Waals surface area contributed by atoms with Gasteiger partial charge in [-0.05, 0) is 57.6 Å². The van der Waals surface area contributed by atoms with Crippen LogP contribution in [-0.2, 0) is 9.53 Å². The number of benzene rings is 1. The summed E-state index contributed by atoms with van der Waals surface area (Å²) in [6, 6.07) is 3.87. The molecule has 0 saturated heterocycles. The quantitative estimate of drug-likeness (QED) is 0.537. The number of hydrogen-bond donors (Lipinski definition) is 2. The maximum Gasteiger partial charge on any atom is 0.387 e. The highest BCUT2D eigenvalue weighted by molar-refractivity contribution is 7.80. The molecule has 0 radical (unpaired) electrons. The van der Waals surface area contributed by atoms with Gasteiger partial charge >= 0.3 is 12.6 Å². The van der Waals surface area contributed by atoms with Crippen LogP contribution in [0.15, 0.2) is 29.5 Å². The number of nitrogens with one attached hydrogen (secondary N) is 2. The lowest BCUT2D eigenvalue weighted by Crippen LogP contribution is -2.45. The molecular weight excluding hydrogens is 378 g/mol. The second-order valence-electron chi connectivity index (χ2n) is 6.04. The van der Waals surface area contributed by atoms with E-state index in [4.69, 9.17) is 21.7 Å². The minimum absolute atomic E-state index is 0.0841. The SMILES string of the molecule is CCOc1cc([C@H]2NC(=S)NC(C)=C2C(=O)OC(C)C)ccc1OC(F)F. The Kier molecular flexibility index (Phi) is 6.95. The van der Waals surface area contributed by atoms with Gasteiger partial charge in [-0.15, -0.1) is 0 Å². The maximum absolute atomic E-state index is 12.6. The van der Waals surface area contributed by atoms with Crippen LogP contribution in [0.25, 0.3) is 0 Å². The number of rotatable bonds is 7. The third-order valence-electron chi connectivity index (χ3n) is 3.65. The number of allylic oxidation sites excluding steroid dienone is 1. The summed E-state index contributed by atoms with van der Waals surface area (Å²) in [4.78, 5) is 12.6. The monoisotopic (exact) mass is 400 g/mol. The van der Waals surface area contributed by atoms with Crippen molar-refractivity contribution >= 4 is 23.3 Å². The van der Waals surface area contributed by atoms with E-state index in [0.29, 0.717) is 21.9 Å². The first-order valence-corrected chi connectivity index (χ1v) is 8.84. The highest BCUT2D eigenvalue weighted by Crippen LogP contribution is 2.35. The number of ether oxygens (including phenoxy) is 3. The first kappa shape index (κ1) is 20.9. The summed E-state index contributed by atoms with van der Waals surface area (Å²) in [5, 5.41) is 6.26. The van der Waals surface area contributed by atoms with Gasteiger partial charge in [-0.1, -0.05) is 6.07 Å². The van der Waals surface area contributed by atoms with Crippen LogP contribution in [0.4, 0.5) is 8.78 Å². The zero-order valence-electron chi connectivity index (χ0n) is 15.5. The fourth-order valence-corrected chi connectivity index (χ4v) is 2.93. The van der Waals surface area contributed by atoms with Crippen molar-refractivity contribution in [1.29, 1.82) is 0 Å². The Labute approximate surface area is 161 Å². The molecule has 0 aromatic heterocycles. The van der Waals surface area contributed by atoms with Crippen molar-refractivity contribution in [3.05, 3.63) is 35.0 Å². The molecule has 6 nitrogen and oxygen atoms in total. The molecule has 0 amide bonds. The Morgan fingerprint density at radius 1 is 1.30 bits per heavy atom. The fourth-order valence-electron chi connectivity index (χ4n) is 2.66. The largest absolute Gasteiger partial charge is 0.490 e. The topological polar surface area (TPSA) is 68.8 Å². The third kappa shape index (κ3) is 5.29. The van der Waals surface area contributed by atoms with E-state index < -0.39 is 18.6 Å². The molecule has 9 heteroatoms. The van der Waals surface area contributed by atoms with Crippen molar-refractivity contribution < 1.29 is 27.8 Å². The van der Waals surface area contributed by atoms with E-state index in [9.17, 15) is 13.6 Å². The molecule has 0 unspecified atom stereocenters. The fraction of sp³-hybridized carbons (Fsp3) is 0.444. The van der Waals surface area contributed by atoms with E-state index in [0.717, 1.165) is 0 Å². The molecule has 1 aliphatic heterocycles. The van der Waals surface area contributed by atoms with Gasteiger partial charge in [0.25, 0.3) is 0 Å². The number of hydrogen-bond acceptors (Lipinski definition) is 5. The van der Waals surface area contributed by atoms with Gasteiger partial charge in [0.05, 0.1) is 24.3 Å². The summed E-state index contributed by atoms with van der Waals surface area (Å²) in [5.41, 5.74) is 1.50. The second-order valence-corrected chi connectivity index (χ2v) is 6.45. The van der Waals surface area contributed by atoms with E-state index in [1.807, 2.05) is 0 Å². The summed E-state index contributed by atoms with van der Waals surface area (Å²) in [5.74, 6) is -0.434. The third-order valence-corrected chi connectivity index (χ3v) is 3.87. The zero-order valence-corrected chi connectivity index (χ0v) is 16.3. The predicted octanol–water partition coefficient (Wildman–Crippen LogP) is 3.43. The van der Waals surface area contributed by atoms with Gasteiger partial charge in [-0.25, -0.2) is 4.79 Å². The number of esters is 1. The van der Waals surface area contributed by atoms with Gasteiger partial charge in [-0.3, -0.25) is 0 Å². The van der Waals surface area contributed by atoms with Crippen LogP contribution in [0, 0.1) is 0 Å². The predicted molar refractivity (Wildman–Crippen MR) is 99.8 cm³/mol. The Balaban J connectivity index is 2.46. The molecule has 1 aromatic carbocycles. The minimum atomic E-state index is -2.97. The molecule has 2 rings (SSSR count). The normalized spacial score (nSPS) is 16.9. The zero-order chi connectivity index (χ0) is 20.1. The number of carbonyl (C=O) groups is 1. The Morgan fingerprint density at radius 3 is 2.59 bits per heavy atom. The van der Waals surface area contributed by atoms with E-state index >= 15 is 0 Å². The Hall–Kier alpha value is -2.42. The van der Waals surface area contributed by atoms with Gasteiger partial charge in [-0.2, -0.15) is 8.78 Å². The van der Waals surface area contributed by atoms with E-state index in [-0.39, 0.29) is 24.2 Å². The lowest BCUT2D eigenvalue weighted by atomic mass is 9.95. The number of thiocarbonyl (C=S) groups is 1. The van der Waals surface area contributed by atoms with E-state index in [1.54, 1.807) is 39.8 Å². The van der Waals surface area contributed by atoms with Gasteiger partial charge in [0.1, 0.15) is 0 Å². The van der Waals surface area contributed by atoms with Crippen LogP contribution >= 0.6 is 12.2 Å². The number of halogens is 2. The van der Waals surface area contributed by atoms with Gasteiger partial charge in [0.15, 0.2) is 16.6 Å². The number of alkyl halides is 2. The van der Waals surface area contributed by atoms with Crippen molar-refractivity contribution in [3.8, 4) is 11.5 Å². The van der Waals surface area contributed by atoms with Gasteiger partial charge in [0, 0.05) is 5.70 Å². The maximum atomic E-state index is 12.6. The molecule has 1 atom stereocenters. The van der Waals surface area contributed by atoms with Crippen molar-refractivity contribution in [3.63, 3.8) is 0 Å². The summed E-state index contributed by atoms with van der Waals surface area (Å²) in [6.07, 6.45) is -0.298. The molecule has 1 heterocycles. The highest BCUT2D eigenvalue weighted by atomic mass is 32.1. The van der Waals surface area contributed by atoms with Crippen molar-refractivity contribution in [2.24, 2.45) is 0 Å². The van der Waals surface area contributed by atoms with Gasteiger partial charge < -0.3 is 24.8 Å². The molecule has 0 fully saturated rings. The molecule has 0 aliphatic carbocycles. The first-order valence-electron chi connectivity index (χ1n) is 8.43. The van der Waals surface area contributed by atoms with Gasteiger partial charge in [0.2, 0.25) is 0 Å². The molecular formula is C18H22F2N2O4S. The molecule has 1 aliphatic rings. The van der Waals surface area contributed by atoms with Crippen LogP contribution in [0.5, 0.6) is 11.5 Å². The van der Waals surface area contributed by atoms with E-state index in [2.05, 4.69) is 15.4 Å². The Morgan fingerprint density at radius 2 is 2.00 bits per heavy atom. The lowest BCUT2D eigenvalue weighted by molar-refractivity contribution is -0.143. The second kappa shape index (κ2) is 8.98. The van der Waals surface area contributed by atoms with Crippen LogP contribution in [0.3, 0.4) is 0 Å². The summed E-state index contributed by atoms with van der Waals surface area (Å²) in [7, 11) is 0. The molecule has 27 heavy (non-hydrogen) atoms. The average molecular weight is 400 g/mol. The summed E-state index contributed by atoms with van der Waals surface area (Å²) < 4.78 is 40.4. The van der Waals surface area contributed by atoms with Crippen molar-refractivity contribution in [2.75, 3.05) is 6.61 Å². The first-order chi connectivity index (χ1) is 12.7. The minimum Gasteiger partial charge on any atom is -0.490 e. The average Bonchev–Trinajstić information content (AvgIpc) is 2.54. The highest BCUT2D eigenvalue weighted by Gasteiger charge is 2.32. The van der Waals surface area contributed by atoms with Crippen molar-refractivity contribution in [2.45, 2.75) is 46.5 Å². The lowest BCUT2D eigenvalue weighted by Gasteiger charge is -2.30.